The lowest BCUT2D eigenvalue weighted by atomic mass is 9.95. The van der Waals surface area contributed by atoms with Gasteiger partial charge in [0.1, 0.15) is 23.7 Å². The molecule has 156 valence electrons. The van der Waals surface area contributed by atoms with E-state index in [1.807, 2.05) is 24.9 Å². The largest absolute Gasteiger partial charge is 0.363 e. The van der Waals surface area contributed by atoms with E-state index in [1.54, 1.807) is 4.68 Å². The number of carbonyl (C=O) groups is 1. The quantitative estimate of drug-likeness (QED) is 0.748. The van der Waals surface area contributed by atoms with Crippen molar-refractivity contribution in [1.29, 1.82) is 0 Å². The summed E-state index contributed by atoms with van der Waals surface area (Å²) in [7, 11) is 3.99. The first-order valence-electron chi connectivity index (χ1n) is 10.5. The number of hydrogen-bond acceptors (Lipinski definition) is 6. The molecule has 1 unspecified atom stereocenters. The van der Waals surface area contributed by atoms with Crippen molar-refractivity contribution in [3.8, 4) is 0 Å². The molecule has 29 heavy (non-hydrogen) atoms. The van der Waals surface area contributed by atoms with Crippen LogP contribution in [-0.2, 0) is 24.9 Å². The fourth-order valence-electron chi connectivity index (χ4n) is 4.99. The highest BCUT2D eigenvalue weighted by molar-refractivity contribution is 5.93. The highest BCUT2D eigenvalue weighted by atomic mass is 16.5. The Morgan fingerprint density at radius 1 is 1.17 bits per heavy atom. The van der Waals surface area contributed by atoms with Crippen molar-refractivity contribution < 1.29 is 9.53 Å². The molecule has 3 aliphatic heterocycles. The molecule has 1 atom stereocenters. The van der Waals surface area contributed by atoms with E-state index in [2.05, 4.69) is 31.8 Å². The minimum absolute atomic E-state index is 0.0265. The van der Waals surface area contributed by atoms with Crippen LogP contribution in [0.25, 0.3) is 0 Å². The first-order valence-corrected chi connectivity index (χ1v) is 10.5. The predicted molar refractivity (Wildman–Crippen MR) is 105 cm³/mol. The first kappa shape index (κ1) is 18.7. The molecule has 0 bridgehead atoms. The van der Waals surface area contributed by atoms with E-state index in [0.29, 0.717) is 31.3 Å². The van der Waals surface area contributed by atoms with Gasteiger partial charge in [0, 0.05) is 19.5 Å². The summed E-state index contributed by atoms with van der Waals surface area (Å²) in [6.45, 7) is 6.59. The van der Waals surface area contributed by atoms with Crippen LogP contribution < -0.4 is 0 Å². The van der Waals surface area contributed by atoms with Crippen LogP contribution in [0.5, 0.6) is 0 Å². The molecule has 2 fully saturated rings. The van der Waals surface area contributed by atoms with Crippen LogP contribution in [0.15, 0.2) is 6.07 Å². The van der Waals surface area contributed by atoms with Crippen LogP contribution in [0.3, 0.4) is 0 Å². The Hall–Kier alpha value is -2.26. The van der Waals surface area contributed by atoms with E-state index >= 15 is 0 Å². The Balaban J connectivity index is 1.34. The molecule has 5 heterocycles. The third-order valence-corrected chi connectivity index (χ3v) is 6.72. The standard InChI is InChI=1S/C20H29N7O2/c1-14-10-16(25(3)23-14)19(28)26-9-6-20(12-26)13-27-17(11-29-20)21-22-18(27)15-4-7-24(2)8-5-15/h10,15H,4-9,11-13H2,1-3H3. The number of amides is 1. The number of carbonyl (C=O) groups excluding carboxylic acids is 1. The van der Waals surface area contributed by atoms with E-state index in [1.165, 1.54) is 0 Å². The molecule has 3 aliphatic rings. The van der Waals surface area contributed by atoms with E-state index in [-0.39, 0.29) is 11.5 Å². The van der Waals surface area contributed by atoms with E-state index < -0.39 is 0 Å². The van der Waals surface area contributed by atoms with Crippen molar-refractivity contribution in [3.63, 3.8) is 0 Å². The summed E-state index contributed by atoms with van der Waals surface area (Å²) in [4.78, 5) is 17.3. The molecular weight excluding hydrogens is 370 g/mol. The van der Waals surface area contributed by atoms with Crippen molar-refractivity contribution in [3.05, 3.63) is 29.1 Å². The number of fused-ring (bicyclic) bond motifs is 1. The lowest BCUT2D eigenvalue weighted by Gasteiger charge is -2.36. The van der Waals surface area contributed by atoms with Crippen LogP contribution >= 0.6 is 0 Å². The van der Waals surface area contributed by atoms with Crippen molar-refractivity contribution in [2.75, 3.05) is 33.2 Å². The Bertz CT molecular complexity index is 927. The van der Waals surface area contributed by atoms with Crippen molar-refractivity contribution >= 4 is 5.91 Å². The number of nitrogens with zero attached hydrogens (tertiary/aromatic N) is 7. The summed E-state index contributed by atoms with van der Waals surface area (Å²) >= 11 is 0. The second-order valence-corrected chi connectivity index (χ2v) is 8.88. The van der Waals surface area contributed by atoms with E-state index in [4.69, 9.17) is 4.74 Å². The van der Waals surface area contributed by atoms with Gasteiger partial charge in [-0.1, -0.05) is 0 Å². The second-order valence-electron chi connectivity index (χ2n) is 8.88. The first-order chi connectivity index (χ1) is 13.9. The van der Waals surface area contributed by atoms with Gasteiger partial charge in [0.2, 0.25) is 0 Å². The van der Waals surface area contributed by atoms with Gasteiger partial charge < -0.3 is 19.1 Å². The van der Waals surface area contributed by atoms with Gasteiger partial charge in [-0.15, -0.1) is 10.2 Å². The lowest BCUT2D eigenvalue weighted by Crippen LogP contribution is -2.45. The topological polar surface area (TPSA) is 81.3 Å². The molecule has 2 aromatic rings. The summed E-state index contributed by atoms with van der Waals surface area (Å²) in [5, 5.41) is 13.3. The van der Waals surface area contributed by atoms with Crippen LogP contribution in [0.4, 0.5) is 0 Å². The van der Waals surface area contributed by atoms with Crippen LogP contribution in [-0.4, -0.2) is 79.1 Å². The Labute approximate surface area is 170 Å². The summed E-state index contributed by atoms with van der Waals surface area (Å²) < 4.78 is 10.2. The van der Waals surface area contributed by atoms with Crippen molar-refractivity contribution in [2.45, 2.75) is 50.9 Å². The summed E-state index contributed by atoms with van der Waals surface area (Å²) in [5.41, 5.74) is 1.14. The van der Waals surface area contributed by atoms with Gasteiger partial charge >= 0.3 is 0 Å². The smallest absolute Gasteiger partial charge is 0.272 e. The highest BCUT2D eigenvalue weighted by Crippen LogP contribution is 2.36. The molecule has 0 N–H and O–H groups in total. The monoisotopic (exact) mass is 399 g/mol. The summed E-state index contributed by atoms with van der Waals surface area (Å²) in [5.74, 6) is 2.50. The maximum absolute atomic E-state index is 13.0. The van der Waals surface area contributed by atoms with Gasteiger partial charge in [-0.3, -0.25) is 9.48 Å². The van der Waals surface area contributed by atoms with Crippen LogP contribution in [0.2, 0.25) is 0 Å². The third-order valence-electron chi connectivity index (χ3n) is 6.72. The average molecular weight is 399 g/mol. The third kappa shape index (κ3) is 3.26. The van der Waals surface area contributed by atoms with Gasteiger partial charge in [-0.2, -0.15) is 5.10 Å². The van der Waals surface area contributed by atoms with Crippen LogP contribution in [0.1, 0.15) is 53.0 Å². The summed E-state index contributed by atoms with van der Waals surface area (Å²) in [6.07, 6.45) is 3.07. The molecular formula is C20H29N7O2. The van der Waals surface area contributed by atoms with E-state index in [0.717, 1.165) is 56.2 Å². The number of aromatic nitrogens is 5. The lowest BCUT2D eigenvalue weighted by molar-refractivity contribution is -0.0818. The van der Waals surface area contributed by atoms with Gasteiger partial charge in [0.15, 0.2) is 5.82 Å². The predicted octanol–water partition coefficient (Wildman–Crippen LogP) is 0.944. The zero-order valence-electron chi connectivity index (χ0n) is 17.5. The number of hydrogen-bond donors (Lipinski definition) is 0. The molecule has 9 nitrogen and oxygen atoms in total. The van der Waals surface area contributed by atoms with Gasteiger partial charge in [-0.05, 0) is 52.4 Å². The zero-order valence-corrected chi connectivity index (χ0v) is 17.5. The number of ether oxygens (including phenoxy) is 1. The fraction of sp³-hybridized carbons (Fsp3) is 0.700. The van der Waals surface area contributed by atoms with Gasteiger partial charge in [0.05, 0.1) is 18.8 Å². The molecule has 1 spiro atoms. The number of aryl methyl sites for hydroxylation is 2. The molecule has 0 aromatic carbocycles. The molecule has 0 saturated carbocycles. The Morgan fingerprint density at radius 2 is 1.97 bits per heavy atom. The summed E-state index contributed by atoms with van der Waals surface area (Å²) in [6, 6.07) is 1.85. The molecule has 1 amide bonds. The SMILES string of the molecule is Cc1cc(C(=O)N2CCC3(C2)Cn2c(nnc2C2CCN(C)CC2)CO3)n(C)n1. The molecule has 0 aliphatic carbocycles. The second kappa shape index (κ2) is 6.91. The molecule has 9 heteroatoms. The number of likely N-dealkylation sites (tertiary alicyclic amines) is 2. The molecule has 2 aromatic heterocycles. The Morgan fingerprint density at radius 3 is 2.69 bits per heavy atom. The average Bonchev–Trinajstić information content (AvgIpc) is 3.39. The highest BCUT2D eigenvalue weighted by Gasteiger charge is 2.45. The molecule has 2 saturated heterocycles. The maximum atomic E-state index is 13.0. The minimum Gasteiger partial charge on any atom is -0.363 e. The fourth-order valence-corrected chi connectivity index (χ4v) is 4.99. The molecule has 0 radical (unpaired) electrons. The van der Waals surface area contributed by atoms with Gasteiger partial charge in [-0.25, -0.2) is 0 Å². The van der Waals surface area contributed by atoms with Crippen LogP contribution in [0, 0.1) is 6.92 Å². The number of rotatable bonds is 2. The normalized spacial score (nSPS) is 25.7. The Kier molecular flexibility index (Phi) is 4.47. The van der Waals surface area contributed by atoms with E-state index in [9.17, 15) is 4.79 Å². The maximum Gasteiger partial charge on any atom is 0.272 e. The van der Waals surface area contributed by atoms with Gasteiger partial charge in [0.25, 0.3) is 5.91 Å². The minimum atomic E-state index is -0.348. The van der Waals surface area contributed by atoms with Crippen molar-refractivity contribution in [2.24, 2.45) is 7.05 Å². The molecule has 5 rings (SSSR count). The zero-order chi connectivity index (χ0) is 20.2. The number of piperidine rings is 1. The van der Waals surface area contributed by atoms with Crippen molar-refractivity contribution in [1.82, 2.24) is 34.3 Å².